The molecule has 4 heterocycles. The van der Waals surface area contributed by atoms with Crippen molar-refractivity contribution in [3.05, 3.63) is 12.5 Å². The van der Waals surface area contributed by atoms with E-state index < -0.39 is 0 Å². The molecule has 0 aromatic carbocycles. The predicted molar refractivity (Wildman–Crippen MR) is 122 cm³/mol. The van der Waals surface area contributed by atoms with Gasteiger partial charge >= 0.3 is 0 Å². The Balaban J connectivity index is 0.00000160. The van der Waals surface area contributed by atoms with Gasteiger partial charge in [-0.05, 0) is 11.8 Å². The first-order valence-corrected chi connectivity index (χ1v) is 9.98. The number of aryl methyl sites for hydroxylation is 1. The van der Waals surface area contributed by atoms with E-state index in [1.165, 1.54) is 0 Å². The number of rotatable bonds is 3. The normalized spacial score (nSPS) is 21.8. The number of nitrogens with two attached hydrogens (primary N) is 1. The highest BCUT2D eigenvalue weighted by Gasteiger charge is 2.34. The van der Waals surface area contributed by atoms with Crippen molar-refractivity contribution in [2.45, 2.75) is 26.3 Å². The summed E-state index contributed by atoms with van der Waals surface area (Å²) in [5.41, 5.74) is 7.10. The topological polar surface area (TPSA) is 96.4 Å². The number of hydrogen-bond donors (Lipinski definition) is 1. The van der Waals surface area contributed by atoms with Gasteiger partial charge in [0.2, 0.25) is 5.91 Å². The molecule has 2 saturated heterocycles. The Hall–Kier alpha value is -1.68. The van der Waals surface area contributed by atoms with E-state index in [0.717, 1.165) is 49.5 Å². The van der Waals surface area contributed by atoms with Crippen molar-refractivity contribution in [1.29, 1.82) is 0 Å². The maximum Gasteiger partial charge on any atom is 0.236 e. The van der Waals surface area contributed by atoms with Crippen LogP contribution in [0.5, 0.6) is 0 Å². The van der Waals surface area contributed by atoms with Gasteiger partial charge in [0.25, 0.3) is 0 Å². The van der Waals surface area contributed by atoms with Crippen molar-refractivity contribution in [3.8, 4) is 0 Å². The molecule has 0 radical (unpaired) electrons. The molecule has 0 bridgehead atoms. The van der Waals surface area contributed by atoms with E-state index >= 15 is 0 Å². The van der Waals surface area contributed by atoms with E-state index in [1.54, 1.807) is 11.0 Å². The van der Waals surface area contributed by atoms with Gasteiger partial charge in [0.05, 0.1) is 18.1 Å². The molecule has 2 fully saturated rings. The Morgan fingerprint density at radius 3 is 2.53 bits per heavy atom. The summed E-state index contributed by atoms with van der Waals surface area (Å²) in [5, 5.41) is 5.24. The van der Waals surface area contributed by atoms with E-state index in [-0.39, 0.29) is 42.2 Å². The standard InChI is InChI=1S/C19H30N8O.2ClH/c1-19(2)12-25(5-4-15(19)20)11-16(28)26-6-8-27(9-7-26)18-14-10-23-24(3)17(14)21-13-22-18;;/h10,13,15H,4-9,11-12,20H2,1-3H3;2*1H. The number of fused-ring (bicyclic) bond motifs is 1. The van der Waals surface area contributed by atoms with Crippen LogP contribution in [0.2, 0.25) is 0 Å². The number of piperidine rings is 1. The minimum atomic E-state index is 0. The highest BCUT2D eigenvalue weighted by molar-refractivity contribution is 5.87. The van der Waals surface area contributed by atoms with E-state index in [9.17, 15) is 4.79 Å². The number of carbonyl (C=O) groups is 1. The lowest BCUT2D eigenvalue weighted by Crippen LogP contribution is -2.56. The van der Waals surface area contributed by atoms with Crippen LogP contribution in [0.15, 0.2) is 12.5 Å². The van der Waals surface area contributed by atoms with Crippen molar-refractivity contribution >= 4 is 47.6 Å². The molecule has 0 saturated carbocycles. The van der Waals surface area contributed by atoms with Crippen molar-refractivity contribution < 1.29 is 4.79 Å². The highest BCUT2D eigenvalue weighted by atomic mass is 35.5. The number of anilines is 1. The second-order valence-electron chi connectivity index (χ2n) is 8.66. The lowest BCUT2D eigenvalue weighted by Gasteiger charge is -2.43. The molecular weight excluding hydrogens is 427 g/mol. The Labute approximate surface area is 189 Å². The molecule has 2 aliphatic heterocycles. The number of amides is 1. The van der Waals surface area contributed by atoms with Crippen LogP contribution >= 0.6 is 24.8 Å². The number of hydrogen-bond acceptors (Lipinski definition) is 7. The van der Waals surface area contributed by atoms with E-state index in [2.05, 4.69) is 38.7 Å². The van der Waals surface area contributed by atoms with Crippen LogP contribution < -0.4 is 10.6 Å². The van der Waals surface area contributed by atoms with E-state index in [1.807, 2.05) is 18.1 Å². The van der Waals surface area contributed by atoms with Crippen LogP contribution in [0.4, 0.5) is 5.82 Å². The molecule has 2 N–H and O–H groups in total. The van der Waals surface area contributed by atoms with Gasteiger partial charge in [0.15, 0.2) is 5.65 Å². The van der Waals surface area contributed by atoms with Crippen LogP contribution in [0.3, 0.4) is 0 Å². The Morgan fingerprint density at radius 2 is 1.87 bits per heavy atom. The first-order chi connectivity index (χ1) is 13.3. The third-order valence-corrected chi connectivity index (χ3v) is 6.19. The first kappa shape index (κ1) is 24.6. The van der Waals surface area contributed by atoms with Crippen molar-refractivity contribution in [2.24, 2.45) is 18.2 Å². The summed E-state index contributed by atoms with van der Waals surface area (Å²) in [6, 6.07) is 0.208. The quantitative estimate of drug-likeness (QED) is 0.729. The Kier molecular flexibility index (Phi) is 7.90. The maximum absolute atomic E-state index is 12.8. The summed E-state index contributed by atoms with van der Waals surface area (Å²) >= 11 is 0. The van der Waals surface area contributed by atoms with Gasteiger partial charge in [0.1, 0.15) is 12.1 Å². The molecule has 2 aliphatic rings. The largest absolute Gasteiger partial charge is 0.352 e. The number of likely N-dealkylation sites (tertiary alicyclic amines) is 1. The van der Waals surface area contributed by atoms with E-state index in [4.69, 9.17) is 5.73 Å². The van der Waals surface area contributed by atoms with Crippen LogP contribution in [-0.2, 0) is 11.8 Å². The van der Waals surface area contributed by atoms with E-state index in [0.29, 0.717) is 19.6 Å². The zero-order chi connectivity index (χ0) is 19.9. The second kappa shape index (κ2) is 9.64. The van der Waals surface area contributed by atoms with Gasteiger partial charge in [-0.1, -0.05) is 13.8 Å². The average Bonchev–Trinajstić information content (AvgIpc) is 3.06. The third-order valence-electron chi connectivity index (χ3n) is 6.19. The summed E-state index contributed by atoms with van der Waals surface area (Å²) in [4.78, 5) is 28.0. The summed E-state index contributed by atoms with van der Waals surface area (Å²) < 4.78 is 1.76. The van der Waals surface area contributed by atoms with Gasteiger partial charge in [-0.3, -0.25) is 14.4 Å². The molecule has 168 valence electrons. The number of piperazine rings is 1. The van der Waals surface area contributed by atoms with Crippen molar-refractivity contribution in [1.82, 2.24) is 29.5 Å². The Morgan fingerprint density at radius 1 is 1.17 bits per heavy atom. The first-order valence-electron chi connectivity index (χ1n) is 9.98. The number of nitrogens with zero attached hydrogens (tertiary/aromatic N) is 7. The fourth-order valence-corrected chi connectivity index (χ4v) is 4.28. The van der Waals surface area contributed by atoms with Gasteiger partial charge in [-0.25, -0.2) is 9.97 Å². The maximum atomic E-state index is 12.8. The molecular formula is C19H32Cl2N8O. The smallest absolute Gasteiger partial charge is 0.236 e. The molecule has 30 heavy (non-hydrogen) atoms. The zero-order valence-corrected chi connectivity index (χ0v) is 19.5. The third kappa shape index (κ3) is 4.80. The average molecular weight is 459 g/mol. The lowest BCUT2D eigenvalue weighted by atomic mass is 9.80. The molecule has 0 aliphatic carbocycles. The minimum Gasteiger partial charge on any atom is -0.352 e. The second-order valence-corrected chi connectivity index (χ2v) is 8.66. The number of carbonyl (C=O) groups excluding carboxylic acids is 1. The van der Waals surface area contributed by atoms with Gasteiger partial charge in [0, 0.05) is 52.4 Å². The molecule has 1 amide bonds. The van der Waals surface area contributed by atoms with Gasteiger partial charge in [-0.15, -0.1) is 24.8 Å². The molecule has 1 atom stereocenters. The molecule has 2 aromatic heterocycles. The van der Waals surface area contributed by atoms with Gasteiger partial charge < -0.3 is 15.5 Å². The Bertz CT molecular complexity index is 865. The molecule has 9 nitrogen and oxygen atoms in total. The van der Waals surface area contributed by atoms with Crippen LogP contribution in [-0.4, -0.2) is 87.3 Å². The van der Waals surface area contributed by atoms with Crippen molar-refractivity contribution in [2.75, 3.05) is 50.7 Å². The summed E-state index contributed by atoms with van der Waals surface area (Å²) in [7, 11) is 1.88. The fraction of sp³-hybridized carbons (Fsp3) is 0.684. The van der Waals surface area contributed by atoms with Crippen LogP contribution in [0.1, 0.15) is 20.3 Å². The molecule has 4 rings (SSSR count). The van der Waals surface area contributed by atoms with Crippen LogP contribution in [0.25, 0.3) is 11.0 Å². The molecule has 11 heteroatoms. The van der Waals surface area contributed by atoms with Crippen molar-refractivity contribution in [3.63, 3.8) is 0 Å². The van der Waals surface area contributed by atoms with Crippen LogP contribution in [0, 0.1) is 5.41 Å². The summed E-state index contributed by atoms with van der Waals surface area (Å²) in [6.07, 6.45) is 4.34. The number of aromatic nitrogens is 4. The fourth-order valence-electron chi connectivity index (χ4n) is 4.28. The minimum absolute atomic E-state index is 0. The monoisotopic (exact) mass is 458 g/mol. The lowest BCUT2D eigenvalue weighted by molar-refractivity contribution is -0.133. The van der Waals surface area contributed by atoms with Gasteiger partial charge in [-0.2, -0.15) is 5.10 Å². The molecule has 2 aromatic rings. The predicted octanol–water partition coefficient (Wildman–Crippen LogP) is 0.915. The molecule has 0 spiro atoms. The number of halogens is 2. The molecule has 1 unspecified atom stereocenters. The SMILES string of the molecule is Cl.Cl.Cn1ncc2c(N3CCN(C(=O)CN4CCC(N)C(C)(C)C4)CC3)ncnc21. The summed E-state index contributed by atoms with van der Waals surface area (Å²) in [5.74, 6) is 1.11. The highest BCUT2D eigenvalue weighted by Crippen LogP contribution is 2.28. The zero-order valence-electron chi connectivity index (χ0n) is 17.8. The summed E-state index contributed by atoms with van der Waals surface area (Å²) in [6.45, 7) is 9.59.